The van der Waals surface area contributed by atoms with Crippen LogP contribution in [0.5, 0.6) is 0 Å². The first-order chi connectivity index (χ1) is 9.11. The molecule has 0 spiro atoms. The molecule has 0 fully saturated rings. The number of Topliss-reactive ketones (excluding diaryl/α,β-unsaturated/α-hetero) is 1. The molecule has 98 valence electrons. The summed E-state index contributed by atoms with van der Waals surface area (Å²) in [5, 5.41) is 0. The number of thioether (sulfide) groups is 1. The summed E-state index contributed by atoms with van der Waals surface area (Å²) in [5.41, 5.74) is 4.64. The number of rotatable bonds is 4. The van der Waals surface area contributed by atoms with Gasteiger partial charge in [-0.25, -0.2) is 0 Å². The van der Waals surface area contributed by atoms with Gasteiger partial charge in [0.2, 0.25) is 0 Å². The molecule has 0 saturated carbocycles. The molecule has 0 aliphatic carbocycles. The number of carbonyl (C=O) groups excluding carboxylic acids is 1. The van der Waals surface area contributed by atoms with Gasteiger partial charge in [0.15, 0.2) is 5.78 Å². The lowest BCUT2D eigenvalue weighted by atomic mass is 9.98. The molecule has 2 aromatic carbocycles. The zero-order chi connectivity index (χ0) is 13.8. The second kappa shape index (κ2) is 6.07. The first-order valence-electron chi connectivity index (χ1n) is 6.34. The third kappa shape index (κ3) is 3.27. The first-order valence-corrected chi connectivity index (χ1v) is 7.56. The highest BCUT2D eigenvalue weighted by molar-refractivity contribution is 7.98. The van der Waals surface area contributed by atoms with Crippen LogP contribution in [0.2, 0.25) is 0 Å². The van der Waals surface area contributed by atoms with E-state index in [9.17, 15) is 4.79 Å². The van der Waals surface area contributed by atoms with Crippen molar-refractivity contribution in [3.8, 4) is 0 Å². The van der Waals surface area contributed by atoms with E-state index in [-0.39, 0.29) is 5.78 Å². The van der Waals surface area contributed by atoms with E-state index in [2.05, 4.69) is 43.5 Å². The molecule has 0 N–H and O–H groups in total. The van der Waals surface area contributed by atoms with Crippen molar-refractivity contribution in [3.05, 3.63) is 64.7 Å². The summed E-state index contributed by atoms with van der Waals surface area (Å²) in [7, 11) is 0. The highest BCUT2D eigenvalue weighted by atomic mass is 32.2. The summed E-state index contributed by atoms with van der Waals surface area (Å²) in [5.74, 6) is 0.124. The molecule has 0 atom stereocenters. The molecular weight excluding hydrogens is 252 g/mol. The Bertz CT molecular complexity index is 602. The Balaban J connectivity index is 2.40. The van der Waals surface area contributed by atoms with Crippen LogP contribution in [0.3, 0.4) is 0 Å². The zero-order valence-corrected chi connectivity index (χ0v) is 12.4. The minimum absolute atomic E-state index is 0.124. The fourth-order valence-electron chi connectivity index (χ4n) is 2.15. The van der Waals surface area contributed by atoms with Crippen LogP contribution in [0.15, 0.2) is 47.4 Å². The first kappa shape index (κ1) is 13.9. The molecule has 2 rings (SSSR count). The summed E-state index contributed by atoms with van der Waals surface area (Å²) in [6, 6.07) is 14.4. The van der Waals surface area contributed by atoms with Gasteiger partial charge in [0.25, 0.3) is 0 Å². The zero-order valence-electron chi connectivity index (χ0n) is 11.6. The van der Waals surface area contributed by atoms with Crippen molar-refractivity contribution < 1.29 is 4.79 Å². The van der Waals surface area contributed by atoms with E-state index >= 15 is 0 Å². The summed E-state index contributed by atoms with van der Waals surface area (Å²) < 4.78 is 0. The third-order valence-electron chi connectivity index (χ3n) is 3.33. The lowest BCUT2D eigenvalue weighted by molar-refractivity contribution is 0.101. The van der Waals surface area contributed by atoms with Gasteiger partial charge in [-0.3, -0.25) is 4.79 Å². The van der Waals surface area contributed by atoms with Crippen LogP contribution in [0.1, 0.15) is 34.0 Å². The van der Waals surface area contributed by atoms with Gasteiger partial charge in [-0.1, -0.05) is 30.3 Å². The second-order valence-corrected chi connectivity index (χ2v) is 5.53. The molecule has 0 unspecified atom stereocenters. The molecule has 2 aromatic rings. The van der Waals surface area contributed by atoms with E-state index in [4.69, 9.17) is 0 Å². The molecule has 0 saturated heterocycles. The lowest BCUT2D eigenvalue weighted by Crippen LogP contribution is -1.98. The van der Waals surface area contributed by atoms with Crippen LogP contribution in [-0.2, 0) is 6.42 Å². The fraction of sp³-hybridized carbons (Fsp3) is 0.235. The number of hydrogen-bond acceptors (Lipinski definition) is 2. The number of aryl methyl sites for hydroxylation is 1. The monoisotopic (exact) mass is 270 g/mol. The predicted molar refractivity (Wildman–Crippen MR) is 82.2 cm³/mol. The van der Waals surface area contributed by atoms with Crippen molar-refractivity contribution in [2.45, 2.75) is 25.2 Å². The average Bonchev–Trinajstić information content (AvgIpc) is 2.41. The van der Waals surface area contributed by atoms with E-state index in [1.54, 1.807) is 18.7 Å². The normalized spacial score (nSPS) is 10.5. The van der Waals surface area contributed by atoms with Gasteiger partial charge in [0.05, 0.1) is 0 Å². The van der Waals surface area contributed by atoms with Crippen LogP contribution in [0.25, 0.3) is 0 Å². The Morgan fingerprint density at radius 2 is 1.84 bits per heavy atom. The minimum atomic E-state index is 0.124. The molecule has 0 amide bonds. The molecular formula is C17H18OS. The molecule has 0 aliphatic rings. The predicted octanol–water partition coefficient (Wildman–Crippen LogP) is 4.51. The Morgan fingerprint density at radius 1 is 1.11 bits per heavy atom. The quantitative estimate of drug-likeness (QED) is 0.600. The third-order valence-corrected chi connectivity index (χ3v) is 4.17. The van der Waals surface area contributed by atoms with Crippen LogP contribution in [0.4, 0.5) is 0 Å². The van der Waals surface area contributed by atoms with Gasteiger partial charge in [0.1, 0.15) is 0 Å². The van der Waals surface area contributed by atoms with E-state index in [0.29, 0.717) is 0 Å². The van der Waals surface area contributed by atoms with Crippen molar-refractivity contribution in [2.75, 3.05) is 6.26 Å². The van der Waals surface area contributed by atoms with Crippen LogP contribution in [0, 0.1) is 6.92 Å². The molecule has 1 nitrogen and oxygen atoms in total. The SMILES string of the molecule is CSc1ccc(C(C)=O)cc1Cc1ccccc1C. The molecule has 0 aromatic heterocycles. The lowest BCUT2D eigenvalue weighted by Gasteiger charge is -2.11. The van der Waals surface area contributed by atoms with E-state index in [1.165, 1.54) is 21.6 Å². The van der Waals surface area contributed by atoms with Crippen LogP contribution < -0.4 is 0 Å². The maximum Gasteiger partial charge on any atom is 0.159 e. The Hall–Kier alpha value is -1.54. The van der Waals surface area contributed by atoms with E-state index < -0.39 is 0 Å². The standard InChI is InChI=1S/C17H18OS/c1-12-6-4-5-7-14(12)10-16-11-15(13(2)18)8-9-17(16)19-3/h4-9,11H,10H2,1-3H3. The Kier molecular flexibility index (Phi) is 4.43. The van der Waals surface area contributed by atoms with Gasteiger partial charge >= 0.3 is 0 Å². The summed E-state index contributed by atoms with van der Waals surface area (Å²) >= 11 is 1.73. The van der Waals surface area contributed by atoms with Crippen LogP contribution >= 0.6 is 11.8 Å². The van der Waals surface area contributed by atoms with Gasteiger partial charge in [0, 0.05) is 10.5 Å². The van der Waals surface area contributed by atoms with Gasteiger partial charge in [-0.15, -0.1) is 11.8 Å². The molecule has 2 heteroatoms. The smallest absolute Gasteiger partial charge is 0.159 e. The summed E-state index contributed by atoms with van der Waals surface area (Å²) in [6.45, 7) is 3.74. The fourth-order valence-corrected chi connectivity index (χ4v) is 2.75. The Labute approximate surface area is 119 Å². The number of ketones is 1. The number of benzene rings is 2. The molecule has 0 radical (unpaired) electrons. The maximum absolute atomic E-state index is 11.5. The van der Waals surface area contributed by atoms with Crippen molar-refractivity contribution in [1.29, 1.82) is 0 Å². The van der Waals surface area contributed by atoms with Crippen molar-refractivity contribution in [2.24, 2.45) is 0 Å². The van der Waals surface area contributed by atoms with E-state index in [1.807, 2.05) is 12.1 Å². The maximum atomic E-state index is 11.5. The topological polar surface area (TPSA) is 17.1 Å². The molecule has 19 heavy (non-hydrogen) atoms. The van der Waals surface area contributed by atoms with E-state index in [0.717, 1.165) is 12.0 Å². The Morgan fingerprint density at radius 3 is 2.47 bits per heavy atom. The van der Waals surface area contributed by atoms with Crippen molar-refractivity contribution in [3.63, 3.8) is 0 Å². The van der Waals surface area contributed by atoms with Crippen LogP contribution in [-0.4, -0.2) is 12.0 Å². The second-order valence-electron chi connectivity index (χ2n) is 4.69. The highest BCUT2D eigenvalue weighted by Crippen LogP contribution is 2.25. The van der Waals surface area contributed by atoms with Crippen molar-refractivity contribution >= 4 is 17.5 Å². The van der Waals surface area contributed by atoms with Gasteiger partial charge in [-0.2, -0.15) is 0 Å². The molecule has 0 heterocycles. The summed E-state index contributed by atoms with van der Waals surface area (Å²) in [6.07, 6.45) is 2.95. The van der Waals surface area contributed by atoms with Crippen molar-refractivity contribution in [1.82, 2.24) is 0 Å². The summed E-state index contributed by atoms with van der Waals surface area (Å²) in [4.78, 5) is 12.8. The van der Waals surface area contributed by atoms with Gasteiger partial charge < -0.3 is 0 Å². The highest BCUT2D eigenvalue weighted by Gasteiger charge is 2.08. The number of carbonyl (C=O) groups is 1. The largest absolute Gasteiger partial charge is 0.295 e. The van der Waals surface area contributed by atoms with Gasteiger partial charge in [-0.05, 0) is 55.3 Å². The minimum Gasteiger partial charge on any atom is -0.295 e. The number of hydrogen-bond donors (Lipinski definition) is 0. The molecule has 0 bridgehead atoms. The average molecular weight is 270 g/mol. The molecule has 0 aliphatic heterocycles.